The van der Waals surface area contributed by atoms with Gasteiger partial charge >= 0.3 is 0 Å². The molecule has 0 aliphatic carbocycles. The van der Waals surface area contributed by atoms with Gasteiger partial charge in [0.15, 0.2) is 12.4 Å². The normalized spacial score (nSPS) is 11.4. The minimum Gasteiger partial charge on any atom is -0.205 e. The fraction of sp³-hybridized carbons (Fsp3) is 0.853. The molecule has 0 aromatic carbocycles. The average Bonchev–Trinajstić information content (AvgIpc) is 2.87. The summed E-state index contributed by atoms with van der Waals surface area (Å²) in [4.78, 5) is 0. The molecule has 0 amide bonds. The molecular weight excluding hydrogens is 422 g/mol. The van der Waals surface area contributed by atoms with Gasteiger partial charge in [-0.3, -0.25) is 0 Å². The predicted molar refractivity (Wildman–Crippen MR) is 157 cm³/mol. The van der Waals surface area contributed by atoms with Gasteiger partial charge in [0.1, 0.15) is 6.54 Å². The molecule has 0 atom stereocenters. The summed E-state index contributed by atoms with van der Waals surface area (Å²) in [6.07, 6.45) is 40.0. The third-order valence-corrected chi connectivity index (χ3v) is 7.82. The van der Waals surface area contributed by atoms with Crippen molar-refractivity contribution >= 4 is 0 Å². The Hall–Kier alpha value is -0.850. The van der Waals surface area contributed by atoms with Crippen molar-refractivity contribution < 1.29 is 4.57 Å². The minimum absolute atomic E-state index is 1.20. The average molecular weight is 487 g/mol. The molecule has 204 valence electrons. The van der Waals surface area contributed by atoms with E-state index in [2.05, 4.69) is 43.8 Å². The van der Waals surface area contributed by atoms with E-state index < -0.39 is 0 Å². The van der Waals surface area contributed by atoms with Gasteiger partial charge in [0.25, 0.3) is 0 Å². The molecule has 35 heavy (non-hydrogen) atoms. The van der Waals surface area contributed by atoms with E-state index in [0.29, 0.717) is 0 Å². The summed E-state index contributed by atoms with van der Waals surface area (Å²) in [5, 5.41) is 0. The second kappa shape index (κ2) is 24.8. The van der Waals surface area contributed by atoms with E-state index in [1.54, 1.807) is 11.1 Å². The van der Waals surface area contributed by atoms with Crippen LogP contribution in [0.2, 0.25) is 0 Å². The molecule has 0 bridgehead atoms. The van der Waals surface area contributed by atoms with E-state index in [1.807, 2.05) is 0 Å². The third kappa shape index (κ3) is 19.0. The Morgan fingerprint density at radius 1 is 0.429 bits per heavy atom. The van der Waals surface area contributed by atoms with Gasteiger partial charge in [-0.1, -0.05) is 143 Å². The number of hydrogen-bond donors (Lipinski definition) is 0. The molecule has 1 aromatic heterocycles. The maximum absolute atomic E-state index is 2.50. The summed E-state index contributed by atoms with van der Waals surface area (Å²) in [5.74, 6) is 0. The van der Waals surface area contributed by atoms with Crippen molar-refractivity contribution in [2.45, 2.75) is 188 Å². The maximum Gasteiger partial charge on any atom is 0.172 e. The second-order valence-corrected chi connectivity index (χ2v) is 11.3. The van der Waals surface area contributed by atoms with Crippen molar-refractivity contribution in [3.63, 3.8) is 0 Å². The highest BCUT2D eigenvalue weighted by Crippen LogP contribution is 2.16. The van der Waals surface area contributed by atoms with E-state index in [-0.39, 0.29) is 0 Å². The standard InChI is InChI=1S/C34H64N/c1-4-7-10-13-14-15-16-17-18-19-20-21-22-23-26-30-35-31-29-33(27-24-11-8-5-2)34(32-35)28-25-12-9-6-3/h29,31-32H,4-28,30H2,1-3H3/q+1. The molecule has 1 heteroatoms. The van der Waals surface area contributed by atoms with Crippen LogP contribution in [0.15, 0.2) is 18.5 Å². The number of aryl methyl sites for hydroxylation is 3. The zero-order chi connectivity index (χ0) is 25.2. The van der Waals surface area contributed by atoms with E-state index in [9.17, 15) is 0 Å². The van der Waals surface area contributed by atoms with Crippen molar-refractivity contribution in [3.8, 4) is 0 Å². The predicted octanol–water partition coefficient (Wildman–Crippen LogP) is 11.1. The molecule has 0 N–H and O–H groups in total. The Morgan fingerprint density at radius 2 is 0.800 bits per heavy atom. The largest absolute Gasteiger partial charge is 0.205 e. The molecule has 0 unspecified atom stereocenters. The zero-order valence-corrected chi connectivity index (χ0v) is 24.6. The van der Waals surface area contributed by atoms with Crippen LogP contribution in [0.4, 0.5) is 0 Å². The van der Waals surface area contributed by atoms with E-state index in [4.69, 9.17) is 0 Å². The summed E-state index contributed by atoms with van der Waals surface area (Å²) >= 11 is 0. The molecule has 0 aliphatic rings. The molecule has 1 aromatic rings. The Bertz CT molecular complexity index is 564. The van der Waals surface area contributed by atoms with Crippen LogP contribution in [0.5, 0.6) is 0 Å². The molecule has 0 saturated carbocycles. The molecular formula is C34H64N+. The minimum atomic E-state index is 1.20. The number of pyridine rings is 1. The Morgan fingerprint density at radius 3 is 1.26 bits per heavy atom. The molecule has 0 spiro atoms. The van der Waals surface area contributed by atoms with Gasteiger partial charge in [0.2, 0.25) is 0 Å². The summed E-state index contributed by atoms with van der Waals surface area (Å²) in [6.45, 7) is 8.13. The topological polar surface area (TPSA) is 3.88 Å². The van der Waals surface area contributed by atoms with Gasteiger partial charge in [-0.2, -0.15) is 0 Å². The lowest BCUT2D eigenvalue weighted by Crippen LogP contribution is -2.34. The van der Waals surface area contributed by atoms with Gasteiger partial charge < -0.3 is 0 Å². The second-order valence-electron chi connectivity index (χ2n) is 11.3. The molecule has 0 fully saturated rings. The molecule has 1 nitrogen and oxygen atoms in total. The summed E-state index contributed by atoms with van der Waals surface area (Å²) in [7, 11) is 0. The fourth-order valence-electron chi connectivity index (χ4n) is 5.38. The van der Waals surface area contributed by atoms with Gasteiger partial charge in [0.05, 0.1) is 0 Å². The lowest BCUT2D eigenvalue weighted by Gasteiger charge is -2.09. The molecule has 0 radical (unpaired) electrons. The first kappa shape index (κ1) is 32.2. The van der Waals surface area contributed by atoms with Crippen molar-refractivity contribution in [1.29, 1.82) is 0 Å². The van der Waals surface area contributed by atoms with Crippen LogP contribution < -0.4 is 4.57 Å². The lowest BCUT2D eigenvalue weighted by molar-refractivity contribution is -0.697. The highest BCUT2D eigenvalue weighted by atomic mass is 14.9. The van der Waals surface area contributed by atoms with Gasteiger partial charge in [0, 0.05) is 18.1 Å². The Balaban J connectivity index is 2.15. The van der Waals surface area contributed by atoms with Crippen LogP contribution in [-0.4, -0.2) is 0 Å². The van der Waals surface area contributed by atoms with Gasteiger partial charge in [-0.15, -0.1) is 0 Å². The zero-order valence-electron chi connectivity index (χ0n) is 24.6. The van der Waals surface area contributed by atoms with Crippen LogP contribution >= 0.6 is 0 Å². The van der Waals surface area contributed by atoms with Crippen molar-refractivity contribution in [1.82, 2.24) is 0 Å². The number of unbranched alkanes of at least 4 members (excludes halogenated alkanes) is 20. The van der Waals surface area contributed by atoms with Gasteiger partial charge in [-0.25, -0.2) is 4.57 Å². The van der Waals surface area contributed by atoms with E-state index in [0.717, 1.165) is 0 Å². The molecule has 0 saturated heterocycles. The third-order valence-electron chi connectivity index (χ3n) is 7.82. The highest BCUT2D eigenvalue weighted by molar-refractivity contribution is 5.21. The van der Waals surface area contributed by atoms with Crippen LogP contribution in [-0.2, 0) is 19.4 Å². The highest BCUT2D eigenvalue weighted by Gasteiger charge is 2.10. The number of rotatable bonds is 26. The van der Waals surface area contributed by atoms with Crippen LogP contribution in [0.1, 0.15) is 180 Å². The van der Waals surface area contributed by atoms with Crippen LogP contribution in [0.3, 0.4) is 0 Å². The number of nitrogens with zero attached hydrogens (tertiary/aromatic N) is 1. The first-order valence-electron chi connectivity index (χ1n) is 16.3. The van der Waals surface area contributed by atoms with Crippen LogP contribution in [0, 0.1) is 0 Å². The Kier molecular flexibility index (Phi) is 22.8. The summed E-state index contributed by atoms with van der Waals surface area (Å²) < 4.78 is 2.49. The lowest BCUT2D eigenvalue weighted by atomic mass is 9.98. The van der Waals surface area contributed by atoms with Crippen molar-refractivity contribution in [2.75, 3.05) is 0 Å². The Labute approximate surface area is 221 Å². The van der Waals surface area contributed by atoms with E-state index >= 15 is 0 Å². The quantitative estimate of drug-likeness (QED) is 0.0905. The smallest absolute Gasteiger partial charge is 0.172 e. The molecule has 1 heterocycles. The SMILES string of the molecule is CCCCCCCCCCCCCCCCC[n+]1ccc(CCCCCC)c(CCCCCC)c1. The monoisotopic (exact) mass is 487 g/mol. The van der Waals surface area contributed by atoms with Crippen LogP contribution in [0.25, 0.3) is 0 Å². The fourth-order valence-corrected chi connectivity index (χ4v) is 5.38. The first-order valence-corrected chi connectivity index (χ1v) is 16.3. The van der Waals surface area contributed by atoms with Crippen molar-refractivity contribution in [3.05, 3.63) is 29.6 Å². The summed E-state index contributed by atoms with van der Waals surface area (Å²) in [6, 6.07) is 2.45. The van der Waals surface area contributed by atoms with E-state index in [1.165, 1.54) is 167 Å². The molecule has 1 rings (SSSR count). The number of aromatic nitrogens is 1. The molecule has 0 aliphatic heterocycles. The van der Waals surface area contributed by atoms with Gasteiger partial charge in [-0.05, 0) is 37.7 Å². The summed E-state index contributed by atoms with van der Waals surface area (Å²) in [5.41, 5.74) is 3.27. The number of hydrogen-bond acceptors (Lipinski definition) is 0. The maximum atomic E-state index is 2.50. The van der Waals surface area contributed by atoms with Crippen molar-refractivity contribution in [2.24, 2.45) is 0 Å². The first-order chi connectivity index (χ1) is 17.3.